The van der Waals surface area contributed by atoms with Gasteiger partial charge in [-0.25, -0.2) is 4.99 Å². The number of rotatable bonds is 14. The molecular formula is C39H55N5O8. The molecule has 0 saturated heterocycles. The van der Waals surface area contributed by atoms with Crippen molar-refractivity contribution < 1.29 is 38.1 Å². The van der Waals surface area contributed by atoms with Gasteiger partial charge in [-0.15, -0.1) is 0 Å². The number of hydrogen-bond acceptors (Lipinski definition) is 9. The highest BCUT2D eigenvalue weighted by Gasteiger charge is 2.30. The van der Waals surface area contributed by atoms with Crippen LogP contribution < -0.4 is 30.0 Å². The Hall–Kier alpha value is -4.81. The first-order chi connectivity index (χ1) is 24.8. The molecule has 52 heavy (non-hydrogen) atoms. The summed E-state index contributed by atoms with van der Waals surface area (Å²) < 4.78 is 21.8. The van der Waals surface area contributed by atoms with Crippen LogP contribution in [0.3, 0.4) is 0 Å². The van der Waals surface area contributed by atoms with Crippen molar-refractivity contribution in [2.24, 2.45) is 22.6 Å². The molecule has 13 nitrogen and oxygen atoms in total. The van der Waals surface area contributed by atoms with Crippen molar-refractivity contribution in [1.82, 2.24) is 15.1 Å². The highest BCUT2D eigenvalue weighted by molar-refractivity contribution is 6.05. The molecule has 0 atom stereocenters. The van der Waals surface area contributed by atoms with Crippen LogP contribution in [-0.2, 0) is 0 Å². The summed E-state index contributed by atoms with van der Waals surface area (Å²) in [5.74, 6) is 1.28. The van der Waals surface area contributed by atoms with E-state index in [1.807, 2.05) is 38.0 Å². The average molecular weight is 722 g/mol. The van der Waals surface area contributed by atoms with E-state index in [-0.39, 0.29) is 70.4 Å². The number of carbonyl (C=O) groups is 4. The van der Waals surface area contributed by atoms with Gasteiger partial charge in [-0.05, 0) is 75.3 Å². The summed E-state index contributed by atoms with van der Waals surface area (Å²) >= 11 is 0. The number of aliphatic imine (C=N–C) groups is 1. The minimum absolute atomic E-state index is 0.0459. The van der Waals surface area contributed by atoms with E-state index in [2.05, 4.69) is 5.32 Å². The summed E-state index contributed by atoms with van der Waals surface area (Å²) in [6, 6.07) is 6.25. The van der Waals surface area contributed by atoms with Gasteiger partial charge >= 0.3 is 0 Å². The lowest BCUT2D eigenvalue weighted by Gasteiger charge is -2.29. The number of guanidine groups is 1. The van der Waals surface area contributed by atoms with Crippen LogP contribution in [0, 0.1) is 11.8 Å². The molecule has 2 aliphatic carbocycles. The Labute approximate surface area is 307 Å². The van der Waals surface area contributed by atoms with Gasteiger partial charge in [0.05, 0.1) is 56.7 Å². The summed E-state index contributed by atoms with van der Waals surface area (Å²) in [6.07, 6.45) is 7.12. The van der Waals surface area contributed by atoms with E-state index in [4.69, 9.17) is 29.7 Å². The third-order valence-electron chi connectivity index (χ3n) is 10.2. The van der Waals surface area contributed by atoms with Crippen molar-refractivity contribution in [2.45, 2.75) is 76.3 Å². The third kappa shape index (κ3) is 9.74. The molecule has 0 bridgehead atoms. The second-order valence-corrected chi connectivity index (χ2v) is 14.2. The number of ether oxygens (including phenoxy) is 4. The molecule has 284 valence electrons. The number of methoxy groups -OCH3 is 4. The number of primary amides is 1. The molecule has 2 fully saturated rings. The standard InChI is InChI=1S/C39H55N5O8/c1-43(2)39(44(3)4)42-26-15-11-24(12-16-26)18-32(46)28-19-27(33(49-5)21-34(28)50-6)31(45)17-23-9-13-25(14-10-23)41-38(48)30-20-29(37(40)47)35(51-7)22-36(30)52-8/h19-26H,9-18H2,1-8H3,(H2,40,47)(H,41,48). The number of benzene rings is 2. The monoisotopic (exact) mass is 721 g/mol. The van der Waals surface area contributed by atoms with Gasteiger partial charge in [0, 0.05) is 59.2 Å². The smallest absolute Gasteiger partial charge is 0.255 e. The summed E-state index contributed by atoms with van der Waals surface area (Å²) in [5, 5.41) is 3.04. The summed E-state index contributed by atoms with van der Waals surface area (Å²) in [7, 11) is 13.8. The summed E-state index contributed by atoms with van der Waals surface area (Å²) in [5.41, 5.74) is 6.54. The van der Waals surface area contributed by atoms with Crippen LogP contribution in [0.4, 0.5) is 0 Å². The van der Waals surface area contributed by atoms with Crippen LogP contribution in [0.5, 0.6) is 23.0 Å². The molecule has 0 spiro atoms. The van der Waals surface area contributed by atoms with Gasteiger partial charge in [-0.3, -0.25) is 19.2 Å². The number of nitrogens with zero attached hydrogens (tertiary/aromatic N) is 3. The number of amides is 2. The number of ketones is 2. The first-order valence-electron chi connectivity index (χ1n) is 17.9. The molecule has 13 heteroatoms. The second-order valence-electron chi connectivity index (χ2n) is 14.2. The van der Waals surface area contributed by atoms with Gasteiger partial charge in [0.1, 0.15) is 23.0 Å². The molecule has 4 rings (SSSR count). The van der Waals surface area contributed by atoms with Crippen LogP contribution in [0.2, 0.25) is 0 Å². The molecular weight excluding hydrogens is 666 g/mol. The minimum Gasteiger partial charge on any atom is -0.496 e. The Morgan fingerprint density at radius 3 is 1.46 bits per heavy atom. The Bertz CT molecular complexity index is 1630. The Balaban J connectivity index is 1.37. The number of Topliss-reactive ketones (excluding diaryl/α,β-unsaturated/α-hetero) is 2. The molecule has 0 aliphatic heterocycles. The van der Waals surface area contributed by atoms with Crippen molar-refractivity contribution >= 4 is 29.3 Å². The van der Waals surface area contributed by atoms with Gasteiger partial charge in [-0.1, -0.05) is 0 Å². The molecule has 0 heterocycles. The molecule has 2 aliphatic rings. The predicted molar refractivity (Wildman–Crippen MR) is 199 cm³/mol. The zero-order valence-corrected chi connectivity index (χ0v) is 31.9. The molecule has 2 amide bonds. The maximum absolute atomic E-state index is 13.7. The van der Waals surface area contributed by atoms with Crippen molar-refractivity contribution in [3.05, 3.63) is 46.5 Å². The molecule has 0 unspecified atom stereocenters. The predicted octanol–water partition coefficient (Wildman–Crippen LogP) is 4.99. The largest absolute Gasteiger partial charge is 0.496 e. The maximum Gasteiger partial charge on any atom is 0.255 e. The van der Waals surface area contributed by atoms with Crippen LogP contribution in [0.15, 0.2) is 29.3 Å². The number of hydrogen-bond donors (Lipinski definition) is 2. The molecule has 3 N–H and O–H groups in total. The maximum atomic E-state index is 13.7. The van der Waals surface area contributed by atoms with E-state index in [9.17, 15) is 19.2 Å². The van der Waals surface area contributed by atoms with Crippen LogP contribution in [-0.4, -0.2) is 108 Å². The van der Waals surface area contributed by atoms with Crippen LogP contribution in [0.25, 0.3) is 0 Å². The van der Waals surface area contributed by atoms with Gasteiger partial charge in [0.15, 0.2) is 17.5 Å². The second kappa shape index (κ2) is 18.1. The summed E-state index contributed by atoms with van der Waals surface area (Å²) in [6.45, 7) is 0. The van der Waals surface area contributed by atoms with Gasteiger partial charge < -0.3 is 39.8 Å². The quantitative estimate of drug-likeness (QED) is 0.154. The van der Waals surface area contributed by atoms with Crippen molar-refractivity contribution in [1.29, 1.82) is 0 Å². The number of carbonyl (C=O) groups excluding carboxylic acids is 4. The molecule has 0 radical (unpaired) electrons. The lowest BCUT2D eigenvalue weighted by atomic mass is 9.81. The van der Waals surface area contributed by atoms with Gasteiger partial charge in [0.25, 0.3) is 11.8 Å². The minimum atomic E-state index is -0.716. The summed E-state index contributed by atoms with van der Waals surface area (Å²) in [4.78, 5) is 61.6. The number of nitrogens with two attached hydrogens (primary N) is 1. The van der Waals surface area contributed by atoms with Crippen molar-refractivity contribution in [3.63, 3.8) is 0 Å². The normalized spacial score (nSPS) is 19.8. The van der Waals surface area contributed by atoms with Gasteiger partial charge in [0.2, 0.25) is 0 Å². The topological polar surface area (TPSA) is 162 Å². The van der Waals surface area contributed by atoms with Crippen LogP contribution in [0.1, 0.15) is 106 Å². The van der Waals surface area contributed by atoms with E-state index >= 15 is 0 Å². The Morgan fingerprint density at radius 2 is 1.04 bits per heavy atom. The fourth-order valence-electron chi connectivity index (χ4n) is 7.39. The van der Waals surface area contributed by atoms with Crippen molar-refractivity contribution in [3.8, 4) is 23.0 Å². The first kappa shape index (κ1) is 40.0. The zero-order chi connectivity index (χ0) is 38.1. The van der Waals surface area contributed by atoms with Crippen LogP contribution >= 0.6 is 0 Å². The lowest BCUT2D eigenvalue weighted by Crippen LogP contribution is -2.38. The third-order valence-corrected chi connectivity index (χ3v) is 10.2. The van der Waals surface area contributed by atoms with Gasteiger partial charge in [-0.2, -0.15) is 0 Å². The lowest BCUT2D eigenvalue weighted by molar-refractivity contribution is 0.0892. The fraction of sp³-hybridized carbons (Fsp3) is 0.564. The number of nitrogens with one attached hydrogen (secondary N) is 1. The molecule has 0 aromatic heterocycles. The average Bonchev–Trinajstić information content (AvgIpc) is 3.13. The van der Waals surface area contributed by atoms with E-state index in [0.29, 0.717) is 41.9 Å². The SMILES string of the molecule is COc1cc(OC)c(C(=O)NC2CCC(CC(=O)c3cc(C(=O)CC4CCC(N=C(N(C)C)N(C)C)CC4)c(OC)cc3OC)CC2)cc1C(N)=O. The Morgan fingerprint density at radius 1 is 0.635 bits per heavy atom. The van der Waals surface area contributed by atoms with E-state index in [1.54, 1.807) is 12.1 Å². The van der Waals surface area contributed by atoms with E-state index in [0.717, 1.165) is 44.5 Å². The first-order valence-corrected chi connectivity index (χ1v) is 17.9. The fourth-order valence-corrected chi connectivity index (χ4v) is 7.39. The van der Waals surface area contributed by atoms with Crippen molar-refractivity contribution in [2.75, 3.05) is 56.6 Å². The Kier molecular flexibility index (Phi) is 13.9. The van der Waals surface area contributed by atoms with E-state index in [1.165, 1.54) is 40.6 Å². The highest BCUT2D eigenvalue weighted by Crippen LogP contribution is 2.36. The molecule has 2 aromatic rings. The molecule has 2 saturated carbocycles. The molecule has 2 aromatic carbocycles. The highest BCUT2D eigenvalue weighted by atomic mass is 16.5. The zero-order valence-electron chi connectivity index (χ0n) is 31.9. The van der Waals surface area contributed by atoms with E-state index < -0.39 is 5.91 Å².